The molecular weight excluding hydrogens is 1240 g/mol. The van der Waals surface area contributed by atoms with Crippen LogP contribution in [-0.2, 0) is 10.1 Å². The Hall–Kier alpha value is 0.540. The highest BCUT2D eigenvalue weighted by molar-refractivity contribution is 14.1. The molecule has 3 aromatic carbocycles. The summed E-state index contributed by atoms with van der Waals surface area (Å²) in [6.45, 7) is 0. The zero-order chi connectivity index (χ0) is 29.7. The predicted octanol–water partition coefficient (Wildman–Crippen LogP) is 7.35. The van der Waals surface area contributed by atoms with Gasteiger partial charge in [0.25, 0.3) is 0 Å². The van der Waals surface area contributed by atoms with Gasteiger partial charge in [-0.1, -0.05) is 0 Å². The molecule has 3 aromatic rings. The van der Waals surface area contributed by atoms with Gasteiger partial charge in [-0.05, 0) is 148 Å². The number of hydrogen-bond donors (Lipinski definition) is 0. The Morgan fingerprint density at radius 1 is 0.641 bits per heavy atom. The van der Waals surface area contributed by atoms with E-state index in [2.05, 4.69) is 4.74 Å². The zero-order valence-corrected chi connectivity index (χ0v) is 31.3. The van der Waals surface area contributed by atoms with Gasteiger partial charge in [0.05, 0.1) is 16.0 Å². The largest absolute Gasteiger partial charge is 0.744 e. The monoisotopic (exact) mass is 1240 g/mol. The summed E-state index contributed by atoms with van der Waals surface area (Å²) < 4.78 is 114. The average molecular weight is 1240 g/mol. The Labute approximate surface area is 297 Å². The third-order valence-electron chi connectivity index (χ3n) is 4.47. The van der Waals surface area contributed by atoms with E-state index in [9.17, 15) is 44.5 Å². The van der Waals surface area contributed by atoms with Crippen LogP contribution < -0.4 is 9.47 Å². The van der Waals surface area contributed by atoms with Crippen LogP contribution in [0.1, 0.15) is 20.7 Å². The van der Waals surface area contributed by atoms with Gasteiger partial charge in [0.15, 0.2) is 0 Å². The number of ether oxygens (including phenoxy) is 2. The number of carbonyl (C=O) groups is 2. The van der Waals surface area contributed by atoms with Crippen molar-refractivity contribution in [2.45, 2.75) is 4.90 Å². The molecular formula is C20H2F5I6O7S-. The summed E-state index contributed by atoms with van der Waals surface area (Å²) in [7, 11) is -4.86. The highest BCUT2D eigenvalue weighted by Gasteiger charge is 2.34. The second-order valence-corrected chi connectivity index (χ2v) is 14.8. The van der Waals surface area contributed by atoms with E-state index in [0.717, 1.165) is 12.1 Å². The smallest absolute Gasteiger partial charge is 0.345 e. The number of hydrogen-bond acceptors (Lipinski definition) is 7. The molecule has 0 atom stereocenters. The van der Waals surface area contributed by atoms with Crippen molar-refractivity contribution in [1.29, 1.82) is 0 Å². The second kappa shape index (κ2) is 13.0. The maximum absolute atomic E-state index is 14.2. The van der Waals surface area contributed by atoms with Gasteiger partial charge in [-0.3, -0.25) is 0 Å². The normalized spacial score (nSPS) is 11.5. The lowest BCUT2D eigenvalue weighted by atomic mass is 10.1. The van der Waals surface area contributed by atoms with E-state index in [1.165, 1.54) is 0 Å². The van der Waals surface area contributed by atoms with E-state index in [1.807, 2.05) is 45.2 Å². The molecule has 19 heteroatoms. The quantitative estimate of drug-likeness (QED) is 0.0500. The minimum absolute atomic E-state index is 0.0378. The summed E-state index contributed by atoms with van der Waals surface area (Å²) in [6.07, 6.45) is 0. The highest BCUT2D eigenvalue weighted by Crippen LogP contribution is 2.36. The molecule has 39 heavy (non-hydrogen) atoms. The first-order valence-corrected chi connectivity index (χ1v) is 17.0. The molecule has 7 nitrogen and oxygen atoms in total. The van der Waals surface area contributed by atoms with Crippen molar-refractivity contribution in [2.24, 2.45) is 0 Å². The minimum Gasteiger partial charge on any atom is -0.744 e. The third-order valence-corrected chi connectivity index (χ3v) is 15.3. The molecule has 0 saturated carbocycles. The van der Waals surface area contributed by atoms with E-state index in [1.54, 1.807) is 90.4 Å². The number of esters is 2. The van der Waals surface area contributed by atoms with Crippen molar-refractivity contribution in [3.05, 3.63) is 73.8 Å². The van der Waals surface area contributed by atoms with Gasteiger partial charge < -0.3 is 14.0 Å². The van der Waals surface area contributed by atoms with Gasteiger partial charge in [0.1, 0.15) is 15.9 Å². The Balaban J connectivity index is 2.16. The topological polar surface area (TPSA) is 110 Å². The molecule has 0 aliphatic rings. The average Bonchev–Trinajstić information content (AvgIpc) is 2.83. The Morgan fingerprint density at radius 2 is 1.00 bits per heavy atom. The molecule has 0 radical (unpaired) electrons. The van der Waals surface area contributed by atoms with Crippen LogP contribution in [0.3, 0.4) is 0 Å². The highest BCUT2D eigenvalue weighted by atomic mass is 127. The minimum atomic E-state index is -4.86. The SMILES string of the molecule is O=C(Oc1cc(I)c(S(=O)(=O)[O-])c(I)c1)c1c(I)c(I)c(I)c(I)c1C(=O)Oc1c(F)c(F)c(F)c(F)c1F. The van der Waals surface area contributed by atoms with E-state index >= 15 is 0 Å². The van der Waals surface area contributed by atoms with Crippen LogP contribution in [0.15, 0.2) is 17.0 Å². The van der Waals surface area contributed by atoms with Crippen LogP contribution in [-0.4, -0.2) is 24.9 Å². The summed E-state index contributed by atoms with van der Waals surface area (Å²) in [6, 6.07) is 2.15. The Kier molecular flexibility index (Phi) is 11.4. The summed E-state index contributed by atoms with van der Waals surface area (Å²) in [5.74, 6) is -16.9. The molecule has 208 valence electrons. The maximum Gasteiger partial charge on any atom is 0.345 e. The van der Waals surface area contributed by atoms with E-state index in [-0.39, 0.29) is 20.0 Å². The van der Waals surface area contributed by atoms with Crippen LogP contribution in [0.25, 0.3) is 0 Å². The molecule has 0 amide bonds. The second-order valence-electron chi connectivity index (χ2n) is 6.85. The summed E-state index contributed by atoms with van der Waals surface area (Å²) in [5, 5.41) is 0. The standard InChI is InChI=1S/C20H3F5I6O7S/c21-8-9(22)11(24)17(12(25)10(8)23)38-20(33)7-6(13(28)15(30)16(31)14(7)29)19(32)37-3-1-4(26)18(5(27)2-3)39(34,35)36/h1-2H,(H,34,35,36)/p-1. The van der Waals surface area contributed by atoms with Gasteiger partial charge in [-0.25, -0.2) is 31.2 Å². The van der Waals surface area contributed by atoms with E-state index < -0.39 is 72.9 Å². The molecule has 0 bridgehead atoms. The first-order valence-electron chi connectivity index (χ1n) is 9.16. The van der Waals surface area contributed by atoms with Gasteiger partial charge in [0.2, 0.25) is 34.8 Å². The van der Waals surface area contributed by atoms with Crippen molar-refractivity contribution in [2.75, 3.05) is 0 Å². The lowest BCUT2D eigenvalue weighted by Crippen LogP contribution is -2.23. The zero-order valence-electron chi connectivity index (χ0n) is 17.6. The summed E-state index contributed by atoms with van der Waals surface area (Å²) >= 11 is 10.1. The molecule has 0 fully saturated rings. The van der Waals surface area contributed by atoms with Gasteiger partial charge in [0, 0.05) is 21.4 Å². The number of benzene rings is 3. The van der Waals surface area contributed by atoms with Gasteiger partial charge >= 0.3 is 11.9 Å². The lowest BCUT2D eigenvalue weighted by molar-refractivity contribution is 0.0679. The third kappa shape index (κ3) is 6.87. The number of carbonyl (C=O) groups excluding carboxylic acids is 2. The Bertz CT molecular complexity index is 1650. The van der Waals surface area contributed by atoms with Crippen LogP contribution in [0.5, 0.6) is 11.5 Å². The Morgan fingerprint density at radius 3 is 1.38 bits per heavy atom. The fourth-order valence-corrected chi connectivity index (χ4v) is 10.4. The molecule has 0 spiro atoms. The van der Waals surface area contributed by atoms with Crippen LogP contribution in [0, 0.1) is 50.5 Å². The lowest BCUT2D eigenvalue weighted by Gasteiger charge is -2.17. The first kappa shape index (κ1) is 34.0. The molecule has 0 unspecified atom stereocenters. The fourth-order valence-electron chi connectivity index (χ4n) is 2.83. The van der Waals surface area contributed by atoms with Crippen LogP contribution in [0.4, 0.5) is 22.0 Å². The molecule has 0 aliphatic heterocycles. The van der Waals surface area contributed by atoms with Crippen molar-refractivity contribution in [3.63, 3.8) is 0 Å². The molecule has 0 saturated heterocycles. The van der Waals surface area contributed by atoms with Gasteiger partial charge in [-0.15, -0.1) is 0 Å². The number of rotatable bonds is 5. The summed E-state index contributed by atoms with van der Waals surface area (Å²) in [4.78, 5) is 25.8. The van der Waals surface area contributed by atoms with Crippen molar-refractivity contribution >= 4 is 158 Å². The fraction of sp³-hybridized carbons (Fsp3) is 0. The predicted molar refractivity (Wildman–Crippen MR) is 173 cm³/mol. The van der Waals surface area contributed by atoms with Crippen LogP contribution in [0.2, 0.25) is 0 Å². The van der Waals surface area contributed by atoms with Crippen molar-refractivity contribution < 1.29 is 54.0 Å². The first-order chi connectivity index (χ1) is 17.9. The van der Waals surface area contributed by atoms with Crippen molar-refractivity contribution in [3.8, 4) is 11.5 Å². The van der Waals surface area contributed by atoms with Gasteiger partial charge in [-0.2, -0.15) is 8.78 Å². The van der Waals surface area contributed by atoms with Crippen LogP contribution >= 0.6 is 136 Å². The molecule has 0 aliphatic carbocycles. The molecule has 3 rings (SSSR count). The van der Waals surface area contributed by atoms with E-state index in [0.29, 0.717) is 7.14 Å². The van der Waals surface area contributed by atoms with Crippen molar-refractivity contribution in [1.82, 2.24) is 0 Å². The molecule has 0 heterocycles. The maximum atomic E-state index is 14.2. The molecule has 0 N–H and O–H groups in total. The summed E-state index contributed by atoms with van der Waals surface area (Å²) in [5.41, 5.74) is -1.06. The van der Waals surface area contributed by atoms with E-state index in [4.69, 9.17) is 4.74 Å². The molecule has 0 aromatic heterocycles. The number of halogens is 11.